The van der Waals surface area contributed by atoms with Crippen LogP contribution in [-0.4, -0.2) is 34.1 Å². The number of benzene rings is 2. The molecule has 30 heavy (non-hydrogen) atoms. The summed E-state index contributed by atoms with van der Waals surface area (Å²) in [5, 5.41) is 2.98. The highest BCUT2D eigenvalue weighted by Crippen LogP contribution is 2.32. The van der Waals surface area contributed by atoms with E-state index in [0.29, 0.717) is 36.8 Å². The summed E-state index contributed by atoms with van der Waals surface area (Å²) < 4.78 is 12.6. The van der Waals surface area contributed by atoms with Crippen LogP contribution in [0.5, 0.6) is 11.5 Å². The van der Waals surface area contributed by atoms with Crippen molar-refractivity contribution in [3.8, 4) is 11.5 Å². The van der Waals surface area contributed by atoms with E-state index in [9.17, 15) is 9.59 Å². The highest BCUT2D eigenvalue weighted by Gasteiger charge is 2.36. The Morgan fingerprint density at radius 2 is 1.83 bits per heavy atom. The van der Waals surface area contributed by atoms with E-state index in [4.69, 9.17) is 9.47 Å². The summed E-state index contributed by atoms with van der Waals surface area (Å²) in [6.45, 7) is 1.36. The molecule has 152 valence electrons. The lowest BCUT2D eigenvalue weighted by molar-refractivity contribution is -0.126. The smallest absolute Gasteiger partial charge is 0.271 e. The number of ether oxygens (including phenoxy) is 2. The number of hydrogen-bond acceptors (Lipinski definition) is 4. The van der Waals surface area contributed by atoms with Crippen LogP contribution in [0.15, 0.2) is 66.9 Å². The molecule has 2 aliphatic heterocycles. The van der Waals surface area contributed by atoms with E-state index in [0.717, 1.165) is 11.1 Å². The summed E-state index contributed by atoms with van der Waals surface area (Å²) in [5.41, 5.74) is 2.50. The van der Waals surface area contributed by atoms with E-state index < -0.39 is 6.04 Å². The third-order valence-corrected chi connectivity index (χ3v) is 5.46. The van der Waals surface area contributed by atoms with Gasteiger partial charge in [-0.15, -0.1) is 0 Å². The van der Waals surface area contributed by atoms with Crippen LogP contribution in [0.1, 0.15) is 21.6 Å². The van der Waals surface area contributed by atoms with Crippen molar-refractivity contribution < 1.29 is 19.1 Å². The number of carbonyl (C=O) groups is 2. The van der Waals surface area contributed by atoms with Crippen LogP contribution < -0.4 is 14.8 Å². The van der Waals surface area contributed by atoms with Crippen molar-refractivity contribution in [3.63, 3.8) is 0 Å². The van der Waals surface area contributed by atoms with Crippen molar-refractivity contribution in [2.45, 2.75) is 25.7 Å². The molecule has 0 saturated carbocycles. The molecule has 0 spiro atoms. The Kier molecular flexibility index (Phi) is 4.63. The predicted octanol–water partition coefficient (Wildman–Crippen LogP) is 2.56. The van der Waals surface area contributed by atoms with E-state index in [2.05, 4.69) is 5.32 Å². The van der Waals surface area contributed by atoms with Gasteiger partial charge in [0.05, 0.1) is 6.54 Å². The van der Waals surface area contributed by atoms with E-state index in [-0.39, 0.29) is 18.6 Å². The molecule has 7 heteroatoms. The lowest BCUT2D eigenvalue weighted by Crippen LogP contribution is -2.54. The molecule has 0 fully saturated rings. The Balaban J connectivity index is 1.34. The first kappa shape index (κ1) is 18.3. The van der Waals surface area contributed by atoms with E-state index in [1.54, 1.807) is 11.0 Å². The molecule has 7 nitrogen and oxygen atoms in total. The molecule has 0 radical (unpaired) electrons. The SMILES string of the molecule is O=C(NCc1ccc2c(c1)OCO2)C1Cn2cccc2C(=O)N1Cc1ccccc1. The second-order valence-electron chi connectivity index (χ2n) is 7.39. The van der Waals surface area contributed by atoms with Gasteiger partial charge in [0.1, 0.15) is 11.7 Å². The van der Waals surface area contributed by atoms with Crippen LogP contribution in [-0.2, 0) is 24.4 Å². The molecule has 1 N–H and O–H groups in total. The molecule has 2 amide bonds. The fourth-order valence-electron chi connectivity index (χ4n) is 3.89. The third-order valence-electron chi connectivity index (χ3n) is 5.46. The number of rotatable bonds is 5. The van der Waals surface area contributed by atoms with Gasteiger partial charge in [0, 0.05) is 19.3 Å². The van der Waals surface area contributed by atoms with Crippen LogP contribution in [0, 0.1) is 0 Å². The molecule has 0 saturated heterocycles. The van der Waals surface area contributed by atoms with Crippen LogP contribution in [0.4, 0.5) is 0 Å². The third kappa shape index (κ3) is 3.39. The Morgan fingerprint density at radius 3 is 2.70 bits per heavy atom. The maximum atomic E-state index is 13.1. The number of nitrogens with one attached hydrogen (secondary N) is 1. The minimum atomic E-state index is -0.591. The zero-order valence-corrected chi connectivity index (χ0v) is 16.3. The Morgan fingerprint density at radius 1 is 1.00 bits per heavy atom. The molecular formula is C23H21N3O4. The molecule has 0 aliphatic carbocycles. The topological polar surface area (TPSA) is 72.8 Å². The molecule has 2 aromatic carbocycles. The summed E-state index contributed by atoms with van der Waals surface area (Å²) in [5.74, 6) is 1.06. The van der Waals surface area contributed by atoms with Crippen molar-refractivity contribution in [2.75, 3.05) is 6.79 Å². The van der Waals surface area contributed by atoms with Gasteiger partial charge >= 0.3 is 0 Å². The van der Waals surface area contributed by atoms with Crippen molar-refractivity contribution in [1.82, 2.24) is 14.8 Å². The number of nitrogens with zero attached hydrogens (tertiary/aromatic N) is 2. The molecule has 0 bridgehead atoms. The largest absolute Gasteiger partial charge is 0.454 e. The average molecular weight is 403 g/mol. The number of amides is 2. The van der Waals surface area contributed by atoms with Gasteiger partial charge < -0.3 is 24.3 Å². The van der Waals surface area contributed by atoms with Crippen molar-refractivity contribution in [3.05, 3.63) is 83.7 Å². The van der Waals surface area contributed by atoms with Crippen LogP contribution in [0.2, 0.25) is 0 Å². The molecule has 1 unspecified atom stereocenters. The highest BCUT2D eigenvalue weighted by atomic mass is 16.7. The summed E-state index contributed by atoms with van der Waals surface area (Å²) in [6.07, 6.45) is 1.84. The Bertz CT molecular complexity index is 1090. The van der Waals surface area contributed by atoms with Gasteiger partial charge in [-0.05, 0) is 35.4 Å². The van der Waals surface area contributed by atoms with E-state index in [1.165, 1.54) is 0 Å². The number of hydrogen-bond donors (Lipinski definition) is 1. The van der Waals surface area contributed by atoms with E-state index in [1.807, 2.05) is 65.4 Å². The number of fused-ring (bicyclic) bond motifs is 2. The second kappa shape index (κ2) is 7.59. The summed E-state index contributed by atoms with van der Waals surface area (Å²) in [6, 6.07) is 18.3. The maximum absolute atomic E-state index is 13.1. The fourth-order valence-corrected chi connectivity index (χ4v) is 3.89. The minimum Gasteiger partial charge on any atom is -0.454 e. The van der Waals surface area contributed by atoms with Gasteiger partial charge in [-0.3, -0.25) is 9.59 Å². The normalized spacial score (nSPS) is 17.0. The molecule has 1 atom stereocenters. The monoisotopic (exact) mass is 403 g/mol. The molecule has 3 heterocycles. The fraction of sp³-hybridized carbons (Fsp3) is 0.217. The first-order valence-corrected chi connectivity index (χ1v) is 9.85. The van der Waals surface area contributed by atoms with Gasteiger partial charge in [-0.1, -0.05) is 36.4 Å². The predicted molar refractivity (Wildman–Crippen MR) is 109 cm³/mol. The van der Waals surface area contributed by atoms with Gasteiger partial charge in [-0.2, -0.15) is 0 Å². The maximum Gasteiger partial charge on any atom is 0.271 e. The quantitative estimate of drug-likeness (QED) is 0.711. The number of carbonyl (C=O) groups excluding carboxylic acids is 2. The van der Waals surface area contributed by atoms with Crippen LogP contribution in [0.25, 0.3) is 0 Å². The first-order valence-electron chi connectivity index (χ1n) is 9.85. The molecule has 3 aromatic rings. The van der Waals surface area contributed by atoms with Crippen molar-refractivity contribution in [1.29, 1.82) is 0 Å². The van der Waals surface area contributed by atoms with E-state index >= 15 is 0 Å². The van der Waals surface area contributed by atoms with Crippen LogP contribution in [0.3, 0.4) is 0 Å². The summed E-state index contributed by atoms with van der Waals surface area (Å²) in [7, 11) is 0. The lowest BCUT2D eigenvalue weighted by Gasteiger charge is -2.35. The molecule has 1 aromatic heterocycles. The Labute approximate surface area is 173 Å². The van der Waals surface area contributed by atoms with Crippen molar-refractivity contribution >= 4 is 11.8 Å². The molecule has 2 aliphatic rings. The zero-order chi connectivity index (χ0) is 20.5. The van der Waals surface area contributed by atoms with Crippen LogP contribution >= 0.6 is 0 Å². The molecular weight excluding hydrogens is 382 g/mol. The zero-order valence-electron chi connectivity index (χ0n) is 16.3. The summed E-state index contributed by atoms with van der Waals surface area (Å²) in [4.78, 5) is 27.9. The number of aromatic nitrogens is 1. The summed E-state index contributed by atoms with van der Waals surface area (Å²) >= 11 is 0. The first-order chi connectivity index (χ1) is 14.7. The standard InChI is InChI=1S/C23H21N3O4/c27-22(24-12-17-8-9-20-21(11-17)30-15-29-20)19-14-25-10-4-7-18(25)23(28)26(19)13-16-5-2-1-3-6-16/h1-11,19H,12-15H2,(H,24,27). The Hall–Kier alpha value is -3.74. The molecule has 5 rings (SSSR count). The average Bonchev–Trinajstić information content (AvgIpc) is 3.43. The highest BCUT2D eigenvalue weighted by molar-refractivity contribution is 5.97. The lowest BCUT2D eigenvalue weighted by atomic mass is 10.1. The second-order valence-corrected chi connectivity index (χ2v) is 7.39. The van der Waals surface area contributed by atoms with Gasteiger partial charge in [0.15, 0.2) is 11.5 Å². The van der Waals surface area contributed by atoms with Crippen molar-refractivity contribution in [2.24, 2.45) is 0 Å². The minimum absolute atomic E-state index is 0.140. The van der Waals surface area contributed by atoms with Gasteiger partial charge in [0.2, 0.25) is 12.7 Å². The van der Waals surface area contributed by atoms with Gasteiger partial charge in [0.25, 0.3) is 5.91 Å². The van der Waals surface area contributed by atoms with Gasteiger partial charge in [-0.25, -0.2) is 0 Å².